The molecule has 0 unspecified atom stereocenters. The number of nitrogens with zero attached hydrogens (tertiary/aromatic N) is 2. The molecule has 5 heteroatoms. The van der Waals surface area contributed by atoms with Crippen LogP contribution in [0.4, 0.5) is 0 Å². The first-order valence-corrected chi connectivity index (χ1v) is 5.51. The molecule has 0 N–H and O–H groups in total. The highest BCUT2D eigenvalue weighted by Crippen LogP contribution is 2.35. The summed E-state index contributed by atoms with van der Waals surface area (Å²) in [6.45, 7) is 0.284. The van der Waals surface area contributed by atoms with Gasteiger partial charge in [-0.25, -0.2) is 9.97 Å². The Hall–Kier alpha value is -1.62. The Morgan fingerprint density at radius 2 is 2.00 bits per heavy atom. The third-order valence-corrected chi connectivity index (χ3v) is 2.68. The molecule has 80 valence electrons. The standard InChI is InChI=1S/C11H7BrN2O2/c12-11-13-4-3-8(14-11)7-1-2-9-10(5-7)16-6-15-9/h1-5H,6H2. The molecule has 2 aromatic rings. The second-order valence-electron chi connectivity index (χ2n) is 3.28. The Balaban J connectivity index is 2.07. The van der Waals surface area contributed by atoms with Crippen LogP contribution in [0, 0.1) is 0 Å². The number of halogens is 1. The highest BCUT2D eigenvalue weighted by atomic mass is 79.9. The molecule has 2 heterocycles. The van der Waals surface area contributed by atoms with Gasteiger partial charge in [0.25, 0.3) is 0 Å². The molecule has 1 aliphatic rings. The van der Waals surface area contributed by atoms with Gasteiger partial charge in [-0.3, -0.25) is 0 Å². The Labute approximate surface area is 100 Å². The third-order valence-electron chi connectivity index (χ3n) is 2.29. The van der Waals surface area contributed by atoms with Gasteiger partial charge in [-0.1, -0.05) is 0 Å². The average Bonchev–Trinajstić information content (AvgIpc) is 2.75. The van der Waals surface area contributed by atoms with E-state index >= 15 is 0 Å². The Morgan fingerprint density at radius 3 is 2.88 bits per heavy atom. The van der Waals surface area contributed by atoms with Gasteiger partial charge >= 0.3 is 0 Å². The van der Waals surface area contributed by atoms with Crippen molar-refractivity contribution in [2.24, 2.45) is 0 Å². The van der Waals surface area contributed by atoms with E-state index in [9.17, 15) is 0 Å². The average molecular weight is 279 g/mol. The predicted octanol–water partition coefficient (Wildman–Crippen LogP) is 2.63. The molecule has 0 fully saturated rings. The first kappa shape index (κ1) is 9.59. The lowest BCUT2D eigenvalue weighted by Gasteiger charge is -2.02. The van der Waals surface area contributed by atoms with Crippen LogP contribution in [0.1, 0.15) is 0 Å². The minimum absolute atomic E-state index is 0.284. The number of ether oxygens (including phenoxy) is 2. The van der Waals surface area contributed by atoms with Crippen molar-refractivity contribution in [1.82, 2.24) is 9.97 Å². The van der Waals surface area contributed by atoms with Gasteiger partial charge in [0.2, 0.25) is 6.79 Å². The maximum Gasteiger partial charge on any atom is 0.231 e. The van der Waals surface area contributed by atoms with Crippen LogP contribution in [0.3, 0.4) is 0 Å². The van der Waals surface area contributed by atoms with Crippen molar-refractivity contribution in [3.63, 3.8) is 0 Å². The lowest BCUT2D eigenvalue weighted by atomic mass is 10.1. The second-order valence-corrected chi connectivity index (χ2v) is 3.99. The van der Waals surface area contributed by atoms with Crippen LogP contribution in [-0.2, 0) is 0 Å². The van der Waals surface area contributed by atoms with Crippen molar-refractivity contribution in [3.05, 3.63) is 35.2 Å². The topological polar surface area (TPSA) is 44.2 Å². The van der Waals surface area contributed by atoms with E-state index in [-0.39, 0.29) is 6.79 Å². The summed E-state index contributed by atoms with van der Waals surface area (Å²) >= 11 is 3.24. The summed E-state index contributed by atoms with van der Waals surface area (Å²) in [5.41, 5.74) is 1.83. The van der Waals surface area contributed by atoms with Gasteiger partial charge in [0.05, 0.1) is 5.69 Å². The minimum atomic E-state index is 0.284. The van der Waals surface area contributed by atoms with Crippen LogP contribution in [0.5, 0.6) is 11.5 Å². The first-order chi connectivity index (χ1) is 7.83. The van der Waals surface area contributed by atoms with Crippen molar-refractivity contribution in [3.8, 4) is 22.8 Å². The summed E-state index contributed by atoms with van der Waals surface area (Å²) in [5, 5.41) is 0. The van der Waals surface area contributed by atoms with Crippen LogP contribution in [0.25, 0.3) is 11.3 Å². The number of benzene rings is 1. The van der Waals surface area contributed by atoms with Crippen LogP contribution >= 0.6 is 15.9 Å². The molecular formula is C11H7BrN2O2. The molecule has 0 saturated carbocycles. The minimum Gasteiger partial charge on any atom is -0.454 e. The molecule has 0 saturated heterocycles. The van der Waals surface area contributed by atoms with Gasteiger partial charge in [-0.05, 0) is 40.2 Å². The zero-order chi connectivity index (χ0) is 11.0. The van der Waals surface area contributed by atoms with E-state index in [1.807, 2.05) is 24.3 Å². The lowest BCUT2D eigenvalue weighted by molar-refractivity contribution is 0.174. The largest absolute Gasteiger partial charge is 0.454 e. The van der Waals surface area contributed by atoms with Crippen LogP contribution in [-0.4, -0.2) is 16.8 Å². The van der Waals surface area contributed by atoms with E-state index in [1.165, 1.54) is 0 Å². The van der Waals surface area contributed by atoms with Crippen LogP contribution < -0.4 is 9.47 Å². The third kappa shape index (κ3) is 1.63. The number of hydrogen-bond acceptors (Lipinski definition) is 4. The van der Waals surface area contributed by atoms with Gasteiger partial charge in [-0.15, -0.1) is 0 Å². The monoisotopic (exact) mass is 278 g/mol. The van der Waals surface area contributed by atoms with Gasteiger partial charge in [0.1, 0.15) is 0 Å². The fourth-order valence-corrected chi connectivity index (χ4v) is 1.86. The first-order valence-electron chi connectivity index (χ1n) is 4.71. The van der Waals surface area contributed by atoms with Gasteiger partial charge in [0, 0.05) is 11.8 Å². The number of aromatic nitrogens is 2. The van der Waals surface area contributed by atoms with E-state index in [0.29, 0.717) is 4.73 Å². The van der Waals surface area contributed by atoms with Gasteiger partial charge in [-0.2, -0.15) is 0 Å². The zero-order valence-electron chi connectivity index (χ0n) is 8.18. The molecule has 4 nitrogen and oxygen atoms in total. The fraction of sp³-hybridized carbons (Fsp3) is 0.0909. The Kier molecular flexibility index (Phi) is 2.25. The predicted molar refractivity (Wildman–Crippen MR) is 61.3 cm³/mol. The van der Waals surface area contributed by atoms with Crippen molar-refractivity contribution in [1.29, 1.82) is 0 Å². The maximum absolute atomic E-state index is 5.31. The molecule has 0 bridgehead atoms. The maximum atomic E-state index is 5.31. The second kappa shape index (κ2) is 3.75. The molecule has 0 atom stereocenters. The smallest absolute Gasteiger partial charge is 0.231 e. The van der Waals surface area contributed by atoms with E-state index in [1.54, 1.807) is 6.20 Å². The molecule has 0 amide bonds. The summed E-state index contributed by atoms with van der Waals surface area (Å²) in [5.74, 6) is 1.53. The molecule has 1 aliphatic heterocycles. The SMILES string of the molecule is Brc1nccc(-c2ccc3c(c2)OCO3)n1. The van der Waals surface area contributed by atoms with Crippen LogP contribution in [0.15, 0.2) is 35.2 Å². The van der Waals surface area contributed by atoms with Crippen molar-refractivity contribution in [2.45, 2.75) is 0 Å². The zero-order valence-corrected chi connectivity index (χ0v) is 9.77. The van der Waals surface area contributed by atoms with E-state index in [4.69, 9.17) is 9.47 Å². The van der Waals surface area contributed by atoms with Crippen molar-refractivity contribution in [2.75, 3.05) is 6.79 Å². The molecule has 16 heavy (non-hydrogen) atoms. The molecule has 0 aliphatic carbocycles. The Bertz CT molecular complexity index is 545. The number of fused-ring (bicyclic) bond motifs is 1. The van der Waals surface area contributed by atoms with Crippen molar-refractivity contribution >= 4 is 15.9 Å². The number of hydrogen-bond donors (Lipinski definition) is 0. The van der Waals surface area contributed by atoms with Crippen LogP contribution in [0.2, 0.25) is 0 Å². The lowest BCUT2D eigenvalue weighted by Crippen LogP contribution is -1.92. The van der Waals surface area contributed by atoms with E-state index in [0.717, 1.165) is 22.8 Å². The summed E-state index contributed by atoms with van der Waals surface area (Å²) in [6.07, 6.45) is 1.71. The quantitative estimate of drug-likeness (QED) is 0.753. The molecule has 0 radical (unpaired) electrons. The summed E-state index contributed by atoms with van der Waals surface area (Å²) < 4.78 is 11.1. The summed E-state index contributed by atoms with van der Waals surface area (Å²) in [7, 11) is 0. The highest BCUT2D eigenvalue weighted by molar-refractivity contribution is 9.10. The van der Waals surface area contributed by atoms with E-state index < -0.39 is 0 Å². The number of rotatable bonds is 1. The van der Waals surface area contributed by atoms with E-state index in [2.05, 4.69) is 25.9 Å². The summed E-state index contributed by atoms with van der Waals surface area (Å²) in [6, 6.07) is 7.59. The molecule has 1 aromatic heterocycles. The summed E-state index contributed by atoms with van der Waals surface area (Å²) in [4.78, 5) is 8.27. The fourth-order valence-electron chi connectivity index (χ4n) is 1.55. The molecule has 1 aromatic carbocycles. The van der Waals surface area contributed by atoms with Crippen molar-refractivity contribution < 1.29 is 9.47 Å². The van der Waals surface area contributed by atoms with Gasteiger partial charge in [0.15, 0.2) is 16.2 Å². The Morgan fingerprint density at radius 1 is 1.12 bits per heavy atom. The van der Waals surface area contributed by atoms with Gasteiger partial charge < -0.3 is 9.47 Å². The molecular weight excluding hydrogens is 272 g/mol. The molecule has 3 rings (SSSR count). The molecule has 0 spiro atoms. The highest BCUT2D eigenvalue weighted by Gasteiger charge is 2.14. The normalized spacial score (nSPS) is 12.8.